The van der Waals surface area contributed by atoms with Crippen LogP contribution in [-0.2, 0) is 4.79 Å². The van der Waals surface area contributed by atoms with E-state index in [0.717, 1.165) is 20.3 Å². The Hall–Kier alpha value is -1.92. The van der Waals surface area contributed by atoms with Gasteiger partial charge >= 0.3 is 0 Å². The first kappa shape index (κ1) is 16.0. The van der Waals surface area contributed by atoms with Gasteiger partial charge in [0.25, 0.3) is 5.91 Å². The maximum atomic E-state index is 12.0. The van der Waals surface area contributed by atoms with Crippen LogP contribution in [0.15, 0.2) is 40.9 Å². The van der Waals surface area contributed by atoms with E-state index in [1.165, 1.54) is 16.9 Å². The SMILES string of the molecule is Cc1ccc2sc(NC(=O)COc3ccc(Br)cc3)nc2c1C. The second-order valence-electron chi connectivity index (χ2n) is 5.16. The van der Waals surface area contributed by atoms with Gasteiger partial charge in [-0.3, -0.25) is 10.1 Å². The molecule has 0 spiro atoms. The Kier molecular flexibility index (Phi) is 4.63. The van der Waals surface area contributed by atoms with Crippen molar-refractivity contribution in [1.29, 1.82) is 0 Å². The molecule has 0 bridgehead atoms. The summed E-state index contributed by atoms with van der Waals surface area (Å²) in [7, 11) is 0. The van der Waals surface area contributed by atoms with Crippen molar-refractivity contribution in [3.8, 4) is 5.75 Å². The third kappa shape index (κ3) is 3.71. The van der Waals surface area contributed by atoms with Gasteiger partial charge in [0.05, 0.1) is 10.2 Å². The molecule has 0 fully saturated rings. The molecule has 4 nitrogen and oxygen atoms in total. The number of carbonyl (C=O) groups is 1. The number of halogens is 1. The second-order valence-corrected chi connectivity index (χ2v) is 7.11. The van der Waals surface area contributed by atoms with Gasteiger partial charge in [-0.05, 0) is 55.3 Å². The summed E-state index contributed by atoms with van der Waals surface area (Å²) in [5.74, 6) is 0.431. The first-order valence-electron chi connectivity index (χ1n) is 7.08. The largest absolute Gasteiger partial charge is 0.484 e. The van der Waals surface area contributed by atoms with Crippen molar-refractivity contribution in [2.75, 3.05) is 11.9 Å². The summed E-state index contributed by atoms with van der Waals surface area (Å²) in [4.78, 5) is 16.5. The predicted molar refractivity (Wildman–Crippen MR) is 97.4 cm³/mol. The quantitative estimate of drug-likeness (QED) is 0.702. The summed E-state index contributed by atoms with van der Waals surface area (Å²) in [6.07, 6.45) is 0. The number of amides is 1. The molecule has 1 aromatic heterocycles. The van der Waals surface area contributed by atoms with Gasteiger partial charge in [-0.1, -0.05) is 33.3 Å². The molecule has 3 rings (SSSR count). The Bertz CT molecular complexity index is 859. The molecular formula is C17H15BrN2O2S. The van der Waals surface area contributed by atoms with Crippen LogP contribution in [0.1, 0.15) is 11.1 Å². The number of rotatable bonds is 4. The van der Waals surface area contributed by atoms with Gasteiger partial charge in [0.1, 0.15) is 5.75 Å². The Labute approximate surface area is 146 Å². The van der Waals surface area contributed by atoms with E-state index in [4.69, 9.17) is 4.74 Å². The van der Waals surface area contributed by atoms with Crippen LogP contribution >= 0.6 is 27.3 Å². The summed E-state index contributed by atoms with van der Waals surface area (Å²) in [5, 5.41) is 3.39. The van der Waals surface area contributed by atoms with Crippen molar-refractivity contribution < 1.29 is 9.53 Å². The van der Waals surface area contributed by atoms with Crippen LogP contribution in [0.5, 0.6) is 5.75 Å². The van der Waals surface area contributed by atoms with Crippen LogP contribution in [0.4, 0.5) is 5.13 Å². The van der Waals surface area contributed by atoms with Gasteiger partial charge in [0, 0.05) is 4.47 Å². The summed E-state index contributed by atoms with van der Waals surface area (Å²) < 4.78 is 7.49. The zero-order valence-electron chi connectivity index (χ0n) is 12.7. The van der Waals surface area contributed by atoms with Gasteiger partial charge in [0.2, 0.25) is 0 Å². The molecule has 1 amide bonds. The van der Waals surface area contributed by atoms with Crippen LogP contribution in [-0.4, -0.2) is 17.5 Å². The van der Waals surface area contributed by atoms with Crippen molar-refractivity contribution in [2.45, 2.75) is 13.8 Å². The minimum atomic E-state index is -0.221. The maximum absolute atomic E-state index is 12.0. The molecule has 0 unspecified atom stereocenters. The first-order chi connectivity index (χ1) is 11.0. The summed E-state index contributed by atoms with van der Waals surface area (Å²) in [6.45, 7) is 4.05. The molecule has 23 heavy (non-hydrogen) atoms. The highest BCUT2D eigenvalue weighted by Gasteiger charge is 2.11. The molecule has 0 atom stereocenters. The number of benzene rings is 2. The average Bonchev–Trinajstić information content (AvgIpc) is 2.94. The number of anilines is 1. The Morgan fingerprint density at radius 2 is 1.96 bits per heavy atom. The molecular weight excluding hydrogens is 376 g/mol. The van der Waals surface area contributed by atoms with E-state index in [2.05, 4.69) is 39.2 Å². The molecule has 0 aliphatic carbocycles. The average molecular weight is 391 g/mol. The van der Waals surface area contributed by atoms with Gasteiger partial charge in [0.15, 0.2) is 11.7 Å². The Balaban J connectivity index is 1.66. The van der Waals surface area contributed by atoms with Crippen molar-refractivity contribution in [3.63, 3.8) is 0 Å². The summed E-state index contributed by atoms with van der Waals surface area (Å²) in [6, 6.07) is 11.4. The molecule has 0 saturated heterocycles. The lowest BCUT2D eigenvalue weighted by atomic mass is 10.1. The minimum absolute atomic E-state index is 0.0461. The molecule has 0 aliphatic heterocycles. The number of nitrogens with zero attached hydrogens (tertiary/aromatic N) is 1. The third-order valence-electron chi connectivity index (χ3n) is 3.51. The number of hydrogen-bond acceptors (Lipinski definition) is 4. The van der Waals surface area contributed by atoms with E-state index in [0.29, 0.717) is 10.9 Å². The lowest BCUT2D eigenvalue weighted by Crippen LogP contribution is -2.19. The zero-order valence-corrected chi connectivity index (χ0v) is 15.1. The van der Waals surface area contributed by atoms with Gasteiger partial charge in [-0.2, -0.15) is 0 Å². The minimum Gasteiger partial charge on any atom is -0.484 e. The van der Waals surface area contributed by atoms with E-state index < -0.39 is 0 Å². The highest BCUT2D eigenvalue weighted by atomic mass is 79.9. The van der Waals surface area contributed by atoms with Gasteiger partial charge in [-0.15, -0.1) is 0 Å². The normalized spacial score (nSPS) is 10.7. The molecule has 0 aliphatic rings. The molecule has 0 radical (unpaired) electrons. The first-order valence-corrected chi connectivity index (χ1v) is 8.69. The maximum Gasteiger partial charge on any atom is 0.264 e. The van der Waals surface area contributed by atoms with E-state index in [9.17, 15) is 4.79 Å². The topological polar surface area (TPSA) is 51.2 Å². The van der Waals surface area contributed by atoms with E-state index in [-0.39, 0.29) is 12.5 Å². The standard InChI is InChI=1S/C17H15BrN2O2S/c1-10-3-8-14-16(11(10)2)20-17(23-14)19-15(21)9-22-13-6-4-12(18)5-7-13/h3-8H,9H2,1-2H3,(H,19,20,21). The lowest BCUT2D eigenvalue weighted by Gasteiger charge is -2.05. The Morgan fingerprint density at radius 1 is 1.22 bits per heavy atom. The number of ether oxygens (including phenoxy) is 1. The summed E-state index contributed by atoms with van der Waals surface area (Å²) in [5.41, 5.74) is 3.28. The number of fused-ring (bicyclic) bond motifs is 1. The van der Waals surface area contributed by atoms with Crippen LogP contribution in [0.25, 0.3) is 10.2 Å². The third-order valence-corrected chi connectivity index (χ3v) is 4.98. The number of nitrogens with one attached hydrogen (secondary N) is 1. The number of carbonyl (C=O) groups excluding carboxylic acids is 1. The number of thiazole rings is 1. The predicted octanol–water partition coefficient (Wildman–Crippen LogP) is 4.69. The van der Waals surface area contributed by atoms with Crippen LogP contribution in [0.2, 0.25) is 0 Å². The molecule has 118 valence electrons. The fourth-order valence-corrected chi connectivity index (χ4v) is 3.32. The van der Waals surface area contributed by atoms with Crippen molar-refractivity contribution in [2.24, 2.45) is 0 Å². The molecule has 0 saturated carbocycles. The highest BCUT2D eigenvalue weighted by molar-refractivity contribution is 9.10. The molecule has 2 aromatic carbocycles. The van der Waals surface area contributed by atoms with E-state index >= 15 is 0 Å². The number of hydrogen-bond donors (Lipinski definition) is 1. The van der Waals surface area contributed by atoms with E-state index in [1.807, 2.05) is 25.1 Å². The van der Waals surface area contributed by atoms with Crippen LogP contribution < -0.4 is 10.1 Å². The molecule has 1 heterocycles. The summed E-state index contributed by atoms with van der Waals surface area (Å²) >= 11 is 4.82. The second kappa shape index (κ2) is 6.68. The van der Waals surface area contributed by atoms with Gasteiger partial charge < -0.3 is 4.74 Å². The zero-order chi connectivity index (χ0) is 16.4. The molecule has 1 N–H and O–H groups in total. The van der Waals surface area contributed by atoms with Crippen LogP contribution in [0, 0.1) is 13.8 Å². The van der Waals surface area contributed by atoms with Crippen molar-refractivity contribution in [1.82, 2.24) is 4.98 Å². The lowest BCUT2D eigenvalue weighted by molar-refractivity contribution is -0.118. The Morgan fingerprint density at radius 3 is 2.70 bits per heavy atom. The monoisotopic (exact) mass is 390 g/mol. The fraction of sp³-hybridized carbons (Fsp3) is 0.176. The highest BCUT2D eigenvalue weighted by Crippen LogP contribution is 2.29. The smallest absolute Gasteiger partial charge is 0.264 e. The van der Waals surface area contributed by atoms with Crippen molar-refractivity contribution >= 4 is 48.5 Å². The van der Waals surface area contributed by atoms with Crippen molar-refractivity contribution in [3.05, 3.63) is 52.0 Å². The van der Waals surface area contributed by atoms with Gasteiger partial charge in [-0.25, -0.2) is 4.98 Å². The molecule has 6 heteroatoms. The number of aryl methyl sites for hydroxylation is 2. The molecule has 3 aromatic rings. The fourth-order valence-electron chi connectivity index (χ4n) is 2.11. The van der Waals surface area contributed by atoms with E-state index in [1.54, 1.807) is 12.1 Å². The number of aromatic nitrogens is 1. The van der Waals surface area contributed by atoms with Crippen LogP contribution in [0.3, 0.4) is 0 Å².